The fourth-order valence-electron chi connectivity index (χ4n) is 3.27. The molecule has 0 atom stereocenters. The fourth-order valence-corrected chi connectivity index (χ4v) is 4.19. The van der Waals surface area contributed by atoms with Gasteiger partial charge in [-0.25, -0.2) is 27.3 Å². The second-order valence-corrected chi connectivity index (χ2v) is 9.38. The maximum Gasteiger partial charge on any atom is 0.339 e. The zero-order valence-electron chi connectivity index (χ0n) is 18.4. The summed E-state index contributed by atoms with van der Waals surface area (Å²) in [5.41, 5.74) is 1.44. The summed E-state index contributed by atoms with van der Waals surface area (Å²) >= 11 is 0. The number of benzene rings is 2. The highest BCUT2D eigenvalue weighted by molar-refractivity contribution is 7.89. The van der Waals surface area contributed by atoms with Crippen molar-refractivity contribution in [1.29, 1.82) is 0 Å². The molecule has 0 saturated carbocycles. The molecule has 0 unspecified atom stereocenters. The van der Waals surface area contributed by atoms with Gasteiger partial charge >= 0.3 is 11.9 Å². The zero-order valence-corrected chi connectivity index (χ0v) is 19.2. The van der Waals surface area contributed by atoms with Gasteiger partial charge in [-0.1, -0.05) is 19.1 Å². The molecule has 0 aliphatic heterocycles. The van der Waals surface area contributed by atoms with Crippen LogP contribution in [0.1, 0.15) is 39.9 Å². The Labute approximate surface area is 186 Å². The minimum Gasteiger partial charge on any atom is -0.465 e. The Bertz CT molecular complexity index is 1260. The molecule has 1 heterocycles. The van der Waals surface area contributed by atoms with Crippen molar-refractivity contribution in [3.05, 3.63) is 59.4 Å². The molecule has 10 heteroatoms. The van der Waals surface area contributed by atoms with Crippen LogP contribution in [0.5, 0.6) is 0 Å². The van der Waals surface area contributed by atoms with Gasteiger partial charge in [0.05, 0.1) is 34.2 Å². The molecule has 0 fully saturated rings. The third kappa shape index (κ3) is 4.51. The lowest BCUT2D eigenvalue weighted by atomic mass is 10.1. The van der Waals surface area contributed by atoms with E-state index in [0.29, 0.717) is 17.9 Å². The lowest BCUT2D eigenvalue weighted by Gasteiger charge is -2.11. The lowest BCUT2D eigenvalue weighted by molar-refractivity contribution is 0.0444. The van der Waals surface area contributed by atoms with E-state index in [-0.39, 0.29) is 22.6 Å². The summed E-state index contributed by atoms with van der Waals surface area (Å²) in [5, 5.41) is 0. The molecule has 1 aromatic heterocycles. The van der Waals surface area contributed by atoms with Crippen LogP contribution in [0.15, 0.2) is 47.4 Å². The van der Waals surface area contributed by atoms with Crippen molar-refractivity contribution in [2.24, 2.45) is 0 Å². The maximum atomic E-state index is 12.7. The first-order valence-electron chi connectivity index (χ1n) is 9.96. The van der Waals surface area contributed by atoms with Crippen LogP contribution in [0.4, 0.5) is 0 Å². The summed E-state index contributed by atoms with van der Waals surface area (Å²) < 4.78 is 38.1. The summed E-state index contributed by atoms with van der Waals surface area (Å²) in [5.74, 6) is -0.840. The lowest BCUT2D eigenvalue weighted by Crippen LogP contribution is -2.22. The van der Waals surface area contributed by atoms with E-state index in [4.69, 9.17) is 9.47 Å². The van der Waals surface area contributed by atoms with Gasteiger partial charge in [0.25, 0.3) is 0 Å². The van der Waals surface area contributed by atoms with Crippen molar-refractivity contribution in [2.45, 2.75) is 31.4 Å². The average Bonchev–Trinajstić information content (AvgIpc) is 3.13. The molecule has 3 rings (SSSR count). The van der Waals surface area contributed by atoms with Crippen molar-refractivity contribution in [3.63, 3.8) is 0 Å². The highest BCUT2D eigenvalue weighted by atomic mass is 32.2. The second kappa shape index (κ2) is 9.49. The SMILES string of the molecule is CCCn1c(COC(=O)c2ccccc2C(=O)OC)nc2cc(S(=O)(=O)N(C)C)ccc21. The van der Waals surface area contributed by atoms with Gasteiger partial charge < -0.3 is 14.0 Å². The van der Waals surface area contributed by atoms with Gasteiger partial charge in [-0.05, 0) is 36.8 Å². The maximum absolute atomic E-state index is 12.7. The van der Waals surface area contributed by atoms with Crippen LogP contribution in [0.2, 0.25) is 0 Å². The normalized spacial score (nSPS) is 11.7. The van der Waals surface area contributed by atoms with Gasteiger partial charge in [0.2, 0.25) is 10.0 Å². The quantitative estimate of drug-likeness (QED) is 0.477. The fraction of sp³-hybridized carbons (Fsp3) is 0.318. The first kappa shape index (κ1) is 23.4. The van der Waals surface area contributed by atoms with Gasteiger partial charge in [-0.3, -0.25) is 0 Å². The topological polar surface area (TPSA) is 108 Å². The number of hydrogen-bond donors (Lipinski definition) is 0. The van der Waals surface area contributed by atoms with E-state index in [1.165, 1.54) is 45.5 Å². The number of methoxy groups -OCH3 is 1. The molecule has 3 aromatic rings. The number of aryl methyl sites for hydroxylation is 1. The largest absolute Gasteiger partial charge is 0.465 e. The molecular formula is C22H25N3O6S. The van der Waals surface area contributed by atoms with Crippen LogP contribution in [0.3, 0.4) is 0 Å². The van der Waals surface area contributed by atoms with E-state index in [2.05, 4.69) is 4.98 Å². The number of nitrogens with zero attached hydrogens (tertiary/aromatic N) is 3. The number of esters is 2. The molecular weight excluding hydrogens is 434 g/mol. The van der Waals surface area contributed by atoms with Crippen molar-refractivity contribution >= 4 is 33.0 Å². The molecule has 0 N–H and O–H groups in total. The molecule has 0 saturated heterocycles. The van der Waals surface area contributed by atoms with Crippen LogP contribution < -0.4 is 0 Å². The van der Waals surface area contributed by atoms with Gasteiger partial charge in [0.15, 0.2) is 0 Å². The first-order chi connectivity index (χ1) is 15.2. The number of imidazole rings is 1. The third-order valence-electron chi connectivity index (χ3n) is 4.91. The van der Waals surface area contributed by atoms with E-state index >= 15 is 0 Å². The molecule has 2 aromatic carbocycles. The van der Waals surface area contributed by atoms with Crippen molar-refractivity contribution in [2.75, 3.05) is 21.2 Å². The minimum absolute atomic E-state index is 0.0943. The number of sulfonamides is 1. The number of carbonyl (C=O) groups is 2. The number of carbonyl (C=O) groups excluding carboxylic acids is 2. The summed E-state index contributed by atoms with van der Waals surface area (Å²) in [7, 11) is 0.561. The smallest absolute Gasteiger partial charge is 0.339 e. The number of hydrogen-bond acceptors (Lipinski definition) is 7. The van der Waals surface area contributed by atoms with Gasteiger partial charge in [-0.2, -0.15) is 0 Å². The average molecular weight is 460 g/mol. The Hall–Kier alpha value is -3.24. The van der Waals surface area contributed by atoms with E-state index in [1.807, 2.05) is 11.5 Å². The highest BCUT2D eigenvalue weighted by Gasteiger charge is 2.22. The Morgan fingerprint density at radius 1 is 1.06 bits per heavy atom. The predicted molar refractivity (Wildman–Crippen MR) is 118 cm³/mol. The Balaban J connectivity index is 1.93. The molecule has 0 aliphatic carbocycles. The van der Waals surface area contributed by atoms with Crippen LogP contribution in [0.25, 0.3) is 11.0 Å². The molecule has 0 bridgehead atoms. The van der Waals surface area contributed by atoms with Gasteiger partial charge in [0, 0.05) is 20.6 Å². The number of rotatable bonds is 8. The number of aromatic nitrogens is 2. The molecule has 9 nitrogen and oxygen atoms in total. The van der Waals surface area contributed by atoms with E-state index in [0.717, 1.165) is 16.2 Å². The van der Waals surface area contributed by atoms with Crippen molar-refractivity contribution < 1.29 is 27.5 Å². The first-order valence-corrected chi connectivity index (χ1v) is 11.4. The summed E-state index contributed by atoms with van der Waals surface area (Å²) in [6.45, 7) is 2.47. The molecule has 32 heavy (non-hydrogen) atoms. The Morgan fingerprint density at radius 2 is 1.72 bits per heavy atom. The summed E-state index contributed by atoms with van der Waals surface area (Å²) in [4.78, 5) is 29.2. The Kier molecular flexibility index (Phi) is 6.95. The molecule has 0 radical (unpaired) electrons. The van der Waals surface area contributed by atoms with Crippen LogP contribution >= 0.6 is 0 Å². The van der Waals surface area contributed by atoms with Gasteiger partial charge in [-0.15, -0.1) is 0 Å². The zero-order chi connectivity index (χ0) is 23.5. The van der Waals surface area contributed by atoms with Crippen LogP contribution in [0, 0.1) is 0 Å². The van der Waals surface area contributed by atoms with Gasteiger partial charge in [0.1, 0.15) is 12.4 Å². The number of ether oxygens (including phenoxy) is 2. The standard InChI is InChI=1S/C22H25N3O6S/c1-5-12-25-19-11-10-15(32(28,29)24(2)3)13-18(19)23-20(25)14-31-22(27)17-9-7-6-8-16(17)21(26)30-4/h6-11,13H,5,12,14H2,1-4H3. The highest BCUT2D eigenvalue weighted by Crippen LogP contribution is 2.23. The summed E-state index contributed by atoms with van der Waals surface area (Å²) in [6.07, 6.45) is 0.801. The second-order valence-electron chi connectivity index (χ2n) is 7.23. The van der Waals surface area contributed by atoms with Crippen molar-refractivity contribution in [1.82, 2.24) is 13.9 Å². The summed E-state index contributed by atoms with van der Waals surface area (Å²) in [6, 6.07) is 11.0. The van der Waals surface area contributed by atoms with E-state index in [9.17, 15) is 18.0 Å². The molecule has 0 amide bonds. The molecule has 0 spiro atoms. The Morgan fingerprint density at radius 3 is 2.31 bits per heavy atom. The number of fused-ring (bicyclic) bond motifs is 1. The van der Waals surface area contributed by atoms with E-state index < -0.39 is 22.0 Å². The third-order valence-corrected chi connectivity index (χ3v) is 6.72. The predicted octanol–water partition coefficient (Wildman–Crippen LogP) is 2.84. The minimum atomic E-state index is -3.61. The van der Waals surface area contributed by atoms with E-state index in [1.54, 1.807) is 18.2 Å². The molecule has 170 valence electrons. The van der Waals surface area contributed by atoms with Crippen LogP contribution in [-0.4, -0.2) is 55.4 Å². The van der Waals surface area contributed by atoms with Crippen LogP contribution in [-0.2, 0) is 32.6 Å². The van der Waals surface area contributed by atoms with Crippen molar-refractivity contribution in [3.8, 4) is 0 Å². The molecule has 0 aliphatic rings. The monoisotopic (exact) mass is 459 g/mol.